The molecule has 1 unspecified atom stereocenters. The van der Waals surface area contributed by atoms with E-state index in [-0.39, 0.29) is 0 Å². The Morgan fingerprint density at radius 1 is 1.45 bits per heavy atom. The number of hydrogen-bond donors (Lipinski definition) is 1. The molecule has 1 fully saturated rings. The van der Waals surface area contributed by atoms with E-state index in [4.69, 9.17) is 4.74 Å². The van der Waals surface area contributed by atoms with Crippen LogP contribution in [0, 0.1) is 6.92 Å². The van der Waals surface area contributed by atoms with Gasteiger partial charge in [-0.05, 0) is 32.7 Å². The molecule has 0 bridgehead atoms. The van der Waals surface area contributed by atoms with Crippen molar-refractivity contribution >= 4 is 5.82 Å². The fraction of sp³-hybridized carbons (Fsp3) is 0.733. The Kier molecular flexibility index (Phi) is 5.73. The van der Waals surface area contributed by atoms with Crippen LogP contribution >= 0.6 is 0 Å². The van der Waals surface area contributed by atoms with E-state index in [1.807, 2.05) is 20.0 Å². The minimum atomic E-state index is 0.372. The molecule has 1 aromatic heterocycles. The van der Waals surface area contributed by atoms with E-state index < -0.39 is 0 Å². The minimum absolute atomic E-state index is 0.372. The quantitative estimate of drug-likeness (QED) is 0.864. The van der Waals surface area contributed by atoms with Crippen LogP contribution in [0.2, 0.25) is 0 Å². The first kappa shape index (κ1) is 15.2. The van der Waals surface area contributed by atoms with Crippen LogP contribution in [0.5, 0.6) is 0 Å². The normalized spacial score (nSPS) is 20.1. The number of anilines is 1. The van der Waals surface area contributed by atoms with E-state index in [0.29, 0.717) is 6.10 Å². The molecule has 2 rings (SSSR count). The van der Waals surface area contributed by atoms with Gasteiger partial charge < -0.3 is 10.1 Å². The first-order valence-corrected chi connectivity index (χ1v) is 7.57. The summed E-state index contributed by atoms with van der Waals surface area (Å²) in [6.45, 7) is 7.94. The summed E-state index contributed by atoms with van der Waals surface area (Å²) in [4.78, 5) is 11.5. The molecular formula is C15H26N4O. The average molecular weight is 278 g/mol. The van der Waals surface area contributed by atoms with Gasteiger partial charge in [-0.3, -0.25) is 4.90 Å². The lowest BCUT2D eigenvalue weighted by molar-refractivity contribution is -0.00284. The summed E-state index contributed by atoms with van der Waals surface area (Å²) in [5.74, 6) is 1.79. The Balaban J connectivity index is 1.93. The Bertz CT molecular complexity index is 424. The van der Waals surface area contributed by atoms with Crippen molar-refractivity contribution in [2.45, 2.75) is 45.8 Å². The number of nitrogens with one attached hydrogen (secondary N) is 1. The number of piperidine rings is 1. The van der Waals surface area contributed by atoms with Crippen molar-refractivity contribution in [3.05, 3.63) is 17.6 Å². The first-order valence-electron chi connectivity index (χ1n) is 7.57. The van der Waals surface area contributed by atoms with E-state index in [0.717, 1.165) is 50.0 Å². The zero-order valence-electron chi connectivity index (χ0n) is 12.9. The van der Waals surface area contributed by atoms with Crippen molar-refractivity contribution in [1.82, 2.24) is 14.9 Å². The highest BCUT2D eigenvalue weighted by atomic mass is 16.5. The van der Waals surface area contributed by atoms with Gasteiger partial charge >= 0.3 is 0 Å². The maximum atomic E-state index is 5.87. The molecule has 2 heterocycles. The van der Waals surface area contributed by atoms with Crippen molar-refractivity contribution in [2.75, 3.05) is 32.1 Å². The summed E-state index contributed by atoms with van der Waals surface area (Å²) in [6.07, 6.45) is 3.83. The first-order chi connectivity index (χ1) is 9.71. The van der Waals surface area contributed by atoms with Gasteiger partial charge in [-0.1, -0.05) is 6.92 Å². The number of aromatic nitrogens is 2. The van der Waals surface area contributed by atoms with E-state index >= 15 is 0 Å². The molecule has 0 aromatic carbocycles. The van der Waals surface area contributed by atoms with E-state index in [2.05, 4.69) is 27.1 Å². The molecule has 0 radical (unpaired) electrons. The maximum absolute atomic E-state index is 5.87. The highest BCUT2D eigenvalue weighted by molar-refractivity contribution is 5.34. The van der Waals surface area contributed by atoms with Crippen molar-refractivity contribution in [3.8, 4) is 0 Å². The number of hydrogen-bond acceptors (Lipinski definition) is 5. The molecule has 0 saturated carbocycles. The highest BCUT2D eigenvalue weighted by Crippen LogP contribution is 2.16. The lowest BCUT2D eigenvalue weighted by atomic mass is 10.1. The Hall–Kier alpha value is -1.20. The third-order valence-electron chi connectivity index (χ3n) is 3.54. The van der Waals surface area contributed by atoms with Gasteiger partial charge in [0.15, 0.2) is 0 Å². The van der Waals surface area contributed by atoms with Gasteiger partial charge in [0, 0.05) is 32.0 Å². The monoisotopic (exact) mass is 278 g/mol. The van der Waals surface area contributed by atoms with Crippen LogP contribution in [-0.2, 0) is 11.3 Å². The number of nitrogens with zero attached hydrogens (tertiary/aromatic N) is 3. The summed E-state index contributed by atoms with van der Waals surface area (Å²) < 4.78 is 5.87. The van der Waals surface area contributed by atoms with Crippen LogP contribution in [0.15, 0.2) is 6.07 Å². The largest absolute Gasteiger partial charge is 0.377 e. The summed E-state index contributed by atoms with van der Waals surface area (Å²) >= 11 is 0. The topological polar surface area (TPSA) is 50.3 Å². The molecule has 20 heavy (non-hydrogen) atoms. The van der Waals surface area contributed by atoms with Gasteiger partial charge in [0.05, 0.1) is 12.6 Å². The number of rotatable bonds is 6. The fourth-order valence-electron chi connectivity index (χ4n) is 2.61. The minimum Gasteiger partial charge on any atom is -0.377 e. The van der Waals surface area contributed by atoms with Crippen molar-refractivity contribution < 1.29 is 4.74 Å². The average Bonchev–Trinajstić information content (AvgIpc) is 2.45. The second kappa shape index (κ2) is 7.55. The third kappa shape index (κ3) is 4.42. The predicted octanol–water partition coefficient (Wildman–Crippen LogP) is 2.22. The molecular weight excluding hydrogens is 252 g/mol. The van der Waals surface area contributed by atoms with Gasteiger partial charge in [-0.15, -0.1) is 0 Å². The third-order valence-corrected chi connectivity index (χ3v) is 3.54. The molecule has 5 heteroatoms. The molecule has 1 aliphatic rings. The molecule has 1 atom stereocenters. The van der Waals surface area contributed by atoms with E-state index in [9.17, 15) is 0 Å². The van der Waals surface area contributed by atoms with Gasteiger partial charge in [0.2, 0.25) is 0 Å². The smallest absolute Gasteiger partial charge is 0.144 e. The Morgan fingerprint density at radius 2 is 2.30 bits per heavy atom. The second-order valence-corrected chi connectivity index (χ2v) is 5.43. The second-order valence-electron chi connectivity index (χ2n) is 5.43. The number of likely N-dealkylation sites (tertiary alicyclic amines) is 1. The van der Waals surface area contributed by atoms with E-state index in [1.165, 1.54) is 12.8 Å². The summed E-state index contributed by atoms with van der Waals surface area (Å²) in [7, 11) is 1.89. The van der Waals surface area contributed by atoms with Gasteiger partial charge in [-0.2, -0.15) is 0 Å². The summed E-state index contributed by atoms with van der Waals surface area (Å²) in [5, 5.41) is 3.09. The van der Waals surface area contributed by atoms with Gasteiger partial charge in [0.25, 0.3) is 0 Å². The molecule has 0 aliphatic carbocycles. The summed E-state index contributed by atoms with van der Waals surface area (Å²) in [6, 6.07) is 1.97. The van der Waals surface area contributed by atoms with Crippen LogP contribution in [0.4, 0.5) is 5.82 Å². The van der Waals surface area contributed by atoms with Gasteiger partial charge in [0.1, 0.15) is 11.6 Å². The SMILES string of the molecule is CCCOC1CCCN(Cc2nc(C)cc(NC)n2)C1. The number of ether oxygens (including phenoxy) is 1. The molecule has 0 spiro atoms. The van der Waals surface area contributed by atoms with Crippen LogP contribution in [0.1, 0.15) is 37.7 Å². The lowest BCUT2D eigenvalue weighted by Gasteiger charge is -2.32. The lowest BCUT2D eigenvalue weighted by Crippen LogP contribution is -2.39. The van der Waals surface area contributed by atoms with E-state index in [1.54, 1.807) is 0 Å². The molecule has 0 amide bonds. The maximum Gasteiger partial charge on any atom is 0.144 e. The molecule has 112 valence electrons. The summed E-state index contributed by atoms with van der Waals surface area (Å²) in [5.41, 5.74) is 1.01. The standard InChI is InChI=1S/C15H26N4O/c1-4-8-20-13-6-5-7-19(10-13)11-15-17-12(2)9-14(16-3)18-15/h9,13H,4-8,10-11H2,1-3H3,(H,16,17,18). The van der Waals surface area contributed by atoms with Crippen LogP contribution in [-0.4, -0.2) is 47.7 Å². The van der Waals surface area contributed by atoms with Crippen LogP contribution < -0.4 is 5.32 Å². The van der Waals surface area contributed by atoms with Crippen LogP contribution in [0.25, 0.3) is 0 Å². The fourth-order valence-corrected chi connectivity index (χ4v) is 2.61. The van der Waals surface area contributed by atoms with Crippen molar-refractivity contribution in [2.24, 2.45) is 0 Å². The zero-order valence-corrected chi connectivity index (χ0v) is 12.9. The zero-order chi connectivity index (χ0) is 14.4. The number of aryl methyl sites for hydroxylation is 1. The molecule has 1 aliphatic heterocycles. The van der Waals surface area contributed by atoms with Crippen molar-refractivity contribution in [3.63, 3.8) is 0 Å². The van der Waals surface area contributed by atoms with Crippen LogP contribution in [0.3, 0.4) is 0 Å². The molecule has 1 aromatic rings. The van der Waals surface area contributed by atoms with Crippen molar-refractivity contribution in [1.29, 1.82) is 0 Å². The Morgan fingerprint density at radius 3 is 3.05 bits per heavy atom. The molecule has 1 N–H and O–H groups in total. The molecule has 1 saturated heterocycles. The van der Waals surface area contributed by atoms with Gasteiger partial charge in [-0.25, -0.2) is 9.97 Å². The highest BCUT2D eigenvalue weighted by Gasteiger charge is 2.21. The Labute approximate surface area is 121 Å². The predicted molar refractivity (Wildman–Crippen MR) is 80.9 cm³/mol. The molecule has 5 nitrogen and oxygen atoms in total.